The summed E-state index contributed by atoms with van der Waals surface area (Å²) in [5.74, 6) is -0.671. The molecule has 0 aromatic heterocycles. The van der Waals surface area contributed by atoms with Crippen LogP contribution < -0.4 is 0 Å². The molecular formula is C15H18ClNO3. The molecule has 2 rings (SSSR count). The van der Waals surface area contributed by atoms with Gasteiger partial charge in [0.15, 0.2) is 0 Å². The van der Waals surface area contributed by atoms with Crippen LogP contribution in [0.2, 0.25) is 5.02 Å². The molecule has 5 heteroatoms. The lowest BCUT2D eigenvalue weighted by molar-refractivity contribution is -0.145. The number of likely N-dealkylation sites (tertiary alicyclic amines) is 1. The van der Waals surface area contributed by atoms with Crippen molar-refractivity contribution in [2.45, 2.75) is 19.3 Å². The molecule has 1 fully saturated rings. The number of hydrogen-bond acceptors (Lipinski definition) is 3. The normalized spacial score (nSPS) is 19.8. The maximum atomic E-state index is 12.4. The molecule has 0 spiro atoms. The predicted molar refractivity (Wildman–Crippen MR) is 76.6 cm³/mol. The van der Waals surface area contributed by atoms with E-state index in [1.165, 1.54) is 7.11 Å². The van der Waals surface area contributed by atoms with E-state index in [-0.39, 0.29) is 23.7 Å². The van der Waals surface area contributed by atoms with Gasteiger partial charge in [-0.05, 0) is 31.0 Å². The number of halogens is 1. The van der Waals surface area contributed by atoms with E-state index in [2.05, 4.69) is 0 Å². The summed E-state index contributed by atoms with van der Waals surface area (Å²) < 4.78 is 4.73. The zero-order valence-electron chi connectivity index (χ0n) is 11.6. The number of carbonyl (C=O) groups is 2. The maximum absolute atomic E-state index is 12.4. The van der Waals surface area contributed by atoms with Crippen molar-refractivity contribution >= 4 is 23.5 Å². The number of hydrogen-bond donors (Lipinski definition) is 0. The Morgan fingerprint density at radius 3 is 2.85 bits per heavy atom. The topological polar surface area (TPSA) is 46.6 Å². The Balaban J connectivity index is 2.03. The first-order valence-electron chi connectivity index (χ1n) is 6.65. The fourth-order valence-electron chi connectivity index (χ4n) is 2.51. The van der Waals surface area contributed by atoms with Gasteiger partial charge in [0, 0.05) is 18.1 Å². The van der Waals surface area contributed by atoms with Crippen LogP contribution in [0.3, 0.4) is 0 Å². The minimum Gasteiger partial charge on any atom is -0.469 e. The third kappa shape index (κ3) is 3.12. The summed E-state index contributed by atoms with van der Waals surface area (Å²) in [6.45, 7) is 2.90. The van der Waals surface area contributed by atoms with Crippen LogP contribution in [0.4, 0.5) is 0 Å². The smallest absolute Gasteiger partial charge is 0.310 e. The minimum absolute atomic E-state index is 0.0265. The molecule has 20 heavy (non-hydrogen) atoms. The second kappa shape index (κ2) is 6.27. The molecule has 0 saturated carbocycles. The van der Waals surface area contributed by atoms with Crippen molar-refractivity contribution in [1.82, 2.24) is 4.90 Å². The molecule has 108 valence electrons. The SMILES string of the molecule is COC(=O)[C@@H]1CCN(C(=O)[C@@H](C)c2cccc(Cl)c2)C1. The molecule has 1 saturated heterocycles. The molecule has 1 aromatic carbocycles. The van der Waals surface area contributed by atoms with Crippen molar-refractivity contribution in [3.63, 3.8) is 0 Å². The lowest BCUT2D eigenvalue weighted by Gasteiger charge is -2.21. The maximum Gasteiger partial charge on any atom is 0.310 e. The van der Waals surface area contributed by atoms with Crippen LogP contribution in [-0.4, -0.2) is 37.0 Å². The third-order valence-electron chi connectivity index (χ3n) is 3.75. The van der Waals surface area contributed by atoms with Gasteiger partial charge in [0.2, 0.25) is 5.91 Å². The first-order chi connectivity index (χ1) is 9.52. The first-order valence-corrected chi connectivity index (χ1v) is 7.02. The van der Waals surface area contributed by atoms with Crippen molar-refractivity contribution in [2.75, 3.05) is 20.2 Å². The van der Waals surface area contributed by atoms with Gasteiger partial charge in [-0.2, -0.15) is 0 Å². The zero-order chi connectivity index (χ0) is 14.7. The number of rotatable bonds is 3. The van der Waals surface area contributed by atoms with Gasteiger partial charge in [-0.15, -0.1) is 0 Å². The Kier molecular flexibility index (Phi) is 4.65. The van der Waals surface area contributed by atoms with Crippen molar-refractivity contribution < 1.29 is 14.3 Å². The number of methoxy groups -OCH3 is 1. The molecule has 0 unspecified atom stereocenters. The van der Waals surface area contributed by atoms with E-state index in [0.717, 1.165) is 5.56 Å². The van der Waals surface area contributed by atoms with Crippen LogP contribution >= 0.6 is 11.6 Å². The van der Waals surface area contributed by atoms with Gasteiger partial charge in [-0.25, -0.2) is 0 Å². The Morgan fingerprint density at radius 2 is 2.20 bits per heavy atom. The number of carbonyl (C=O) groups excluding carboxylic acids is 2. The highest BCUT2D eigenvalue weighted by Crippen LogP contribution is 2.25. The molecule has 1 heterocycles. The van der Waals surface area contributed by atoms with Gasteiger partial charge in [-0.3, -0.25) is 9.59 Å². The van der Waals surface area contributed by atoms with Gasteiger partial charge in [-0.1, -0.05) is 23.7 Å². The van der Waals surface area contributed by atoms with E-state index in [9.17, 15) is 9.59 Å². The summed E-state index contributed by atoms with van der Waals surface area (Å²) in [5, 5.41) is 0.621. The second-order valence-corrected chi connectivity index (χ2v) is 5.51. The third-order valence-corrected chi connectivity index (χ3v) is 3.99. The second-order valence-electron chi connectivity index (χ2n) is 5.07. The zero-order valence-corrected chi connectivity index (χ0v) is 12.4. The largest absolute Gasteiger partial charge is 0.469 e. The predicted octanol–water partition coefficient (Wildman–Crippen LogP) is 2.47. The van der Waals surface area contributed by atoms with Gasteiger partial charge in [0.25, 0.3) is 0 Å². The summed E-state index contributed by atoms with van der Waals surface area (Å²) in [7, 11) is 1.38. The van der Waals surface area contributed by atoms with Gasteiger partial charge in [0.1, 0.15) is 0 Å². The highest BCUT2D eigenvalue weighted by molar-refractivity contribution is 6.30. The lowest BCUT2D eigenvalue weighted by Crippen LogP contribution is -2.33. The van der Waals surface area contributed by atoms with E-state index in [4.69, 9.17) is 16.3 Å². The first kappa shape index (κ1) is 14.9. The minimum atomic E-state index is -0.259. The molecule has 0 N–H and O–H groups in total. The summed E-state index contributed by atoms with van der Waals surface area (Å²) in [4.78, 5) is 25.7. The van der Waals surface area contributed by atoms with E-state index in [1.807, 2.05) is 19.1 Å². The highest BCUT2D eigenvalue weighted by Gasteiger charge is 2.33. The molecule has 0 radical (unpaired) electrons. The van der Waals surface area contributed by atoms with Crippen molar-refractivity contribution in [2.24, 2.45) is 5.92 Å². The molecule has 4 nitrogen and oxygen atoms in total. The van der Waals surface area contributed by atoms with Crippen LogP contribution in [0.1, 0.15) is 24.8 Å². The quantitative estimate of drug-likeness (QED) is 0.805. The average Bonchev–Trinajstić information content (AvgIpc) is 2.94. The van der Waals surface area contributed by atoms with Gasteiger partial charge < -0.3 is 9.64 Å². The van der Waals surface area contributed by atoms with E-state index >= 15 is 0 Å². The summed E-state index contributed by atoms with van der Waals surface area (Å²) in [5.41, 5.74) is 0.893. The Hall–Kier alpha value is -1.55. The number of amides is 1. The van der Waals surface area contributed by atoms with Gasteiger partial charge >= 0.3 is 5.97 Å². The Morgan fingerprint density at radius 1 is 1.45 bits per heavy atom. The van der Waals surface area contributed by atoms with Crippen LogP contribution in [-0.2, 0) is 14.3 Å². The molecule has 0 bridgehead atoms. The number of nitrogens with zero attached hydrogens (tertiary/aromatic N) is 1. The lowest BCUT2D eigenvalue weighted by atomic mass is 10.00. The molecule has 1 amide bonds. The van der Waals surface area contributed by atoms with Crippen LogP contribution in [0, 0.1) is 5.92 Å². The Bertz CT molecular complexity index is 518. The molecule has 1 aliphatic heterocycles. The molecule has 2 atom stereocenters. The molecular weight excluding hydrogens is 278 g/mol. The summed E-state index contributed by atoms with van der Waals surface area (Å²) in [6, 6.07) is 7.31. The van der Waals surface area contributed by atoms with E-state index in [1.54, 1.807) is 17.0 Å². The van der Waals surface area contributed by atoms with Crippen molar-refractivity contribution in [3.8, 4) is 0 Å². The van der Waals surface area contributed by atoms with Crippen molar-refractivity contribution in [1.29, 1.82) is 0 Å². The summed E-state index contributed by atoms with van der Waals surface area (Å²) in [6.07, 6.45) is 0.667. The Labute approximate surface area is 123 Å². The highest BCUT2D eigenvalue weighted by atomic mass is 35.5. The molecule has 0 aliphatic carbocycles. The average molecular weight is 296 g/mol. The fraction of sp³-hybridized carbons (Fsp3) is 0.467. The molecule has 1 aromatic rings. The van der Waals surface area contributed by atoms with Crippen LogP contribution in [0.25, 0.3) is 0 Å². The fourth-order valence-corrected chi connectivity index (χ4v) is 2.71. The van der Waals surface area contributed by atoms with E-state index in [0.29, 0.717) is 24.5 Å². The molecule has 1 aliphatic rings. The number of ether oxygens (including phenoxy) is 1. The number of benzene rings is 1. The summed E-state index contributed by atoms with van der Waals surface area (Å²) >= 11 is 5.95. The van der Waals surface area contributed by atoms with Crippen LogP contribution in [0.5, 0.6) is 0 Å². The number of esters is 1. The standard InChI is InChI=1S/C15H18ClNO3/c1-10(11-4-3-5-13(16)8-11)14(18)17-7-6-12(9-17)15(19)20-2/h3-5,8,10,12H,6-7,9H2,1-2H3/t10-,12+/m0/s1. The van der Waals surface area contributed by atoms with Crippen molar-refractivity contribution in [3.05, 3.63) is 34.9 Å². The van der Waals surface area contributed by atoms with Gasteiger partial charge in [0.05, 0.1) is 18.9 Å². The van der Waals surface area contributed by atoms with Crippen LogP contribution in [0.15, 0.2) is 24.3 Å². The monoisotopic (exact) mass is 295 g/mol. The van der Waals surface area contributed by atoms with E-state index < -0.39 is 0 Å².